The summed E-state index contributed by atoms with van der Waals surface area (Å²) in [6.45, 7) is 1.92. The summed E-state index contributed by atoms with van der Waals surface area (Å²) in [5.41, 5.74) is 2.13. The highest BCUT2D eigenvalue weighted by atomic mass is 35.5. The summed E-state index contributed by atoms with van der Waals surface area (Å²) >= 11 is 8.95. The maximum atomic E-state index is 12.9. The first-order valence-electron chi connectivity index (χ1n) is 9.63. The van der Waals surface area contributed by atoms with Crippen molar-refractivity contribution in [1.29, 1.82) is 0 Å². The molecule has 0 fully saturated rings. The molecule has 8 heteroatoms. The number of hydrogen-bond acceptors (Lipinski definition) is 5. The number of rotatable bonds is 5. The smallest absolute Gasteiger partial charge is 0.262 e. The van der Waals surface area contributed by atoms with Gasteiger partial charge in [-0.1, -0.05) is 35.5 Å². The molecular weight excluding hydrogens is 426 g/mol. The topological polar surface area (TPSA) is 64.0 Å². The van der Waals surface area contributed by atoms with Gasteiger partial charge in [0.15, 0.2) is 5.16 Å². The highest BCUT2D eigenvalue weighted by Gasteiger charge is 2.21. The summed E-state index contributed by atoms with van der Waals surface area (Å²) in [5.74, 6) is 0.0872. The first-order chi connectivity index (χ1) is 13.9. The fraction of sp³-hybridized carbons (Fsp3) is 0.381. The predicted octanol–water partition coefficient (Wildman–Crippen LogP) is 4.50. The van der Waals surface area contributed by atoms with E-state index in [-0.39, 0.29) is 23.3 Å². The Morgan fingerprint density at radius 1 is 1.38 bits per heavy atom. The second-order valence-electron chi connectivity index (χ2n) is 7.28. The summed E-state index contributed by atoms with van der Waals surface area (Å²) in [6, 6.07) is 7.30. The van der Waals surface area contributed by atoms with Crippen LogP contribution in [0.3, 0.4) is 0 Å². The Hall–Kier alpha value is -1.83. The minimum absolute atomic E-state index is 0.00963. The lowest BCUT2D eigenvalue weighted by Gasteiger charge is -2.15. The van der Waals surface area contributed by atoms with Crippen molar-refractivity contribution in [1.82, 2.24) is 14.9 Å². The average molecular weight is 448 g/mol. The molecule has 2 heterocycles. The third-order valence-electron chi connectivity index (χ3n) is 5.21. The van der Waals surface area contributed by atoms with E-state index in [1.807, 2.05) is 25.1 Å². The van der Waals surface area contributed by atoms with Gasteiger partial charge in [0.2, 0.25) is 5.91 Å². The summed E-state index contributed by atoms with van der Waals surface area (Å²) in [4.78, 5) is 32.2. The third-order valence-corrected chi connectivity index (χ3v) is 7.66. The van der Waals surface area contributed by atoms with Crippen LogP contribution in [0, 0.1) is 0 Å². The first kappa shape index (κ1) is 20.4. The van der Waals surface area contributed by atoms with Crippen LogP contribution in [-0.4, -0.2) is 21.2 Å². The molecule has 1 unspecified atom stereocenters. The highest BCUT2D eigenvalue weighted by Crippen LogP contribution is 2.34. The number of carbonyl (C=O) groups is 1. The van der Waals surface area contributed by atoms with E-state index in [1.54, 1.807) is 29.0 Å². The Morgan fingerprint density at radius 2 is 2.17 bits per heavy atom. The van der Waals surface area contributed by atoms with Crippen molar-refractivity contribution in [3.05, 3.63) is 55.6 Å². The van der Waals surface area contributed by atoms with E-state index in [2.05, 4.69) is 5.32 Å². The van der Waals surface area contributed by atoms with Crippen LogP contribution in [0.25, 0.3) is 10.2 Å². The van der Waals surface area contributed by atoms with E-state index in [0.29, 0.717) is 10.2 Å². The summed E-state index contributed by atoms with van der Waals surface area (Å²) in [6.07, 6.45) is 4.30. The largest absolute Gasteiger partial charge is 0.349 e. The van der Waals surface area contributed by atoms with Crippen LogP contribution in [0.15, 0.2) is 34.2 Å². The summed E-state index contributed by atoms with van der Waals surface area (Å²) < 4.78 is 1.57. The molecule has 2 aromatic heterocycles. The number of thiophene rings is 1. The van der Waals surface area contributed by atoms with Gasteiger partial charge in [0.05, 0.1) is 17.2 Å². The number of amides is 1. The minimum Gasteiger partial charge on any atom is -0.349 e. The van der Waals surface area contributed by atoms with Crippen molar-refractivity contribution in [3.63, 3.8) is 0 Å². The van der Waals surface area contributed by atoms with Crippen LogP contribution in [0.2, 0.25) is 5.02 Å². The van der Waals surface area contributed by atoms with Gasteiger partial charge in [0.25, 0.3) is 5.56 Å². The normalized spacial score (nSPS) is 14.6. The van der Waals surface area contributed by atoms with E-state index in [1.165, 1.54) is 28.6 Å². The zero-order chi connectivity index (χ0) is 20.5. The van der Waals surface area contributed by atoms with Crippen LogP contribution < -0.4 is 10.9 Å². The molecule has 1 N–H and O–H groups in total. The van der Waals surface area contributed by atoms with E-state index >= 15 is 0 Å². The predicted molar refractivity (Wildman–Crippen MR) is 120 cm³/mol. The molecule has 4 rings (SSSR count). The monoisotopic (exact) mass is 447 g/mol. The highest BCUT2D eigenvalue weighted by molar-refractivity contribution is 7.99. The second kappa shape index (κ2) is 8.50. The van der Waals surface area contributed by atoms with Crippen molar-refractivity contribution >= 4 is 50.8 Å². The number of thioether (sulfide) groups is 1. The summed E-state index contributed by atoms with van der Waals surface area (Å²) in [5, 5.41) is 4.97. The van der Waals surface area contributed by atoms with Gasteiger partial charge in [-0.05, 0) is 55.9 Å². The minimum atomic E-state index is -0.148. The van der Waals surface area contributed by atoms with Crippen molar-refractivity contribution in [2.45, 2.75) is 43.8 Å². The second-order valence-corrected chi connectivity index (χ2v) is 9.75. The van der Waals surface area contributed by atoms with Crippen LogP contribution in [0.4, 0.5) is 0 Å². The van der Waals surface area contributed by atoms with E-state index < -0.39 is 0 Å². The molecule has 0 saturated carbocycles. The molecule has 29 heavy (non-hydrogen) atoms. The number of nitrogens with zero attached hydrogens (tertiary/aromatic N) is 2. The number of aryl methyl sites for hydroxylation is 2. The molecule has 0 aliphatic heterocycles. The third kappa shape index (κ3) is 4.22. The number of carbonyl (C=O) groups excluding carboxylic acids is 1. The van der Waals surface area contributed by atoms with E-state index in [4.69, 9.17) is 16.6 Å². The van der Waals surface area contributed by atoms with Crippen LogP contribution in [0.1, 0.15) is 41.8 Å². The SMILES string of the molecule is CC(NC(=O)CSc1nc2sc3c(c2c(=O)n1C)CCCC3)c1cccc(Cl)c1. The van der Waals surface area contributed by atoms with Gasteiger partial charge >= 0.3 is 0 Å². The molecule has 1 atom stereocenters. The lowest BCUT2D eigenvalue weighted by molar-refractivity contribution is -0.119. The Morgan fingerprint density at radius 3 is 2.97 bits per heavy atom. The number of fused-ring (bicyclic) bond motifs is 3. The molecule has 0 radical (unpaired) electrons. The first-order valence-corrected chi connectivity index (χ1v) is 11.8. The van der Waals surface area contributed by atoms with Gasteiger partial charge in [-0.2, -0.15) is 0 Å². The standard InChI is InChI=1S/C21H22ClN3O2S2/c1-12(13-6-5-7-14(22)10-13)23-17(26)11-28-21-24-19-18(20(27)25(21)2)15-8-3-4-9-16(15)29-19/h5-7,10,12H,3-4,8-9,11H2,1-2H3,(H,23,26). The summed E-state index contributed by atoms with van der Waals surface area (Å²) in [7, 11) is 1.73. The molecule has 152 valence electrons. The lowest BCUT2D eigenvalue weighted by atomic mass is 9.97. The number of benzene rings is 1. The van der Waals surface area contributed by atoms with Crippen molar-refractivity contribution in [3.8, 4) is 0 Å². The molecule has 0 spiro atoms. The van der Waals surface area contributed by atoms with Crippen molar-refractivity contribution < 1.29 is 4.79 Å². The number of aromatic nitrogens is 2. The molecule has 0 bridgehead atoms. The number of halogens is 1. The van der Waals surface area contributed by atoms with Crippen molar-refractivity contribution in [2.24, 2.45) is 7.05 Å². The quantitative estimate of drug-likeness (QED) is 0.462. The fourth-order valence-corrected chi connectivity index (χ4v) is 5.95. The molecule has 1 aliphatic carbocycles. The van der Waals surface area contributed by atoms with Gasteiger partial charge in [-0.3, -0.25) is 14.2 Å². The maximum Gasteiger partial charge on any atom is 0.262 e. The Labute approximate surface area is 182 Å². The van der Waals surface area contributed by atoms with E-state index in [0.717, 1.165) is 35.0 Å². The number of hydrogen-bond donors (Lipinski definition) is 1. The molecule has 1 amide bonds. The van der Waals surface area contributed by atoms with Gasteiger partial charge in [-0.25, -0.2) is 4.98 Å². The average Bonchev–Trinajstić information content (AvgIpc) is 3.08. The van der Waals surface area contributed by atoms with Gasteiger partial charge in [0, 0.05) is 16.9 Å². The fourth-order valence-electron chi connectivity index (χ4n) is 3.67. The molecule has 3 aromatic rings. The lowest BCUT2D eigenvalue weighted by Crippen LogP contribution is -2.28. The molecule has 0 saturated heterocycles. The van der Waals surface area contributed by atoms with Gasteiger partial charge in [-0.15, -0.1) is 11.3 Å². The molecule has 5 nitrogen and oxygen atoms in total. The molecule has 1 aliphatic rings. The van der Waals surface area contributed by atoms with Gasteiger partial charge in [0.1, 0.15) is 4.83 Å². The Bertz CT molecular complexity index is 1140. The van der Waals surface area contributed by atoms with Gasteiger partial charge < -0.3 is 5.32 Å². The molecule has 1 aromatic carbocycles. The van der Waals surface area contributed by atoms with Crippen LogP contribution in [0.5, 0.6) is 0 Å². The molecular formula is C21H22ClN3O2S2. The zero-order valence-corrected chi connectivity index (χ0v) is 18.7. The maximum absolute atomic E-state index is 12.9. The Balaban J connectivity index is 1.49. The van der Waals surface area contributed by atoms with Crippen LogP contribution in [-0.2, 0) is 24.7 Å². The Kier molecular flexibility index (Phi) is 5.99. The van der Waals surface area contributed by atoms with E-state index in [9.17, 15) is 9.59 Å². The number of nitrogens with one attached hydrogen (secondary N) is 1. The van der Waals surface area contributed by atoms with Crippen LogP contribution >= 0.6 is 34.7 Å². The zero-order valence-electron chi connectivity index (χ0n) is 16.3. The van der Waals surface area contributed by atoms with Crippen molar-refractivity contribution in [2.75, 3.05) is 5.75 Å².